The number of rotatable bonds is 2. The maximum absolute atomic E-state index is 14.1. The van der Waals surface area contributed by atoms with Gasteiger partial charge in [-0.2, -0.15) is 0 Å². The Bertz CT molecular complexity index is 696. The number of esters is 1. The van der Waals surface area contributed by atoms with Crippen LogP contribution in [0.25, 0.3) is 0 Å². The van der Waals surface area contributed by atoms with E-state index >= 15 is 0 Å². The molecule has 0 amide bonds. The van der Waals surface area contributed by atoms with Gasteiger partial charge in [-0.25, -0.2) is 14.2 Å². The number of ether oxygens (including phenoxy) is 1. The van der Waals surface area contributed by atoms with Crippen LogP contribution >= 0.6 is 0 Å². The van der Waals surface area contributed by atoms with Crippen LogP contribution in [0.15, 0.2) is 24.5 Å². The average molecular weight is 289 g/mol. The van der Waals surface area contributed by atoms with E-state index in [0.717, 1.165) is 12.1 Å². The molecule has 0 saturated carbocycles. The Hall–Kier alpha value is -2.37. The second-order valence-corrected chi connectivity index (χ2v) is 5.17. The van der Waals surface area contributed by atoms with E-state index in [1.807, 2.05) is 4.57 Å². The molecule has 0 radical (unpaired) electrons. The summed E-state index contributed by atoms with van der Waals surface area (Å²) in [7, 11) is 1.34. The highest BCUT2D eigenvalue weighted by molar-refractivity contribution is 5.88. The van der Waals surface area contributed by atoms with Crippen LogP contribution < -0.4 is 5.73 Å². The van der Waals surface area contributed by atoms with Gasteiger partial charge >= 0.3 is 5.97 Å². The molecule has 2 aromatic rings. The number of carbonyl (C=O) groups is 1. The molecule has 2 N–H and O–H groups in total. The highest BCUT2D eigenvalue weighted by Crippen LogP contribution is 2.32. The Morgan fingerprint density at radius 1 is 1.52 bits per heavy atom. The summed E-state index contributed by atoms with van der Waals surface area (Å²) >= 11 is 0. The number of benzene rings is 1. The monoisotopic (exact) mass is 289 g/mol. The fourth-order valence-corrected chi connectivity index (χ4v) is 2.87. The van der Waals surface area contributed by atoms with E-state index in [-0.39, 0.29) is 17.4 Å². The van der Waals surface area contributed by atoms with E-state index in [1.54, 1.807) is 24.5 Å². The first-order chi connectivity index (χ1) is 10.1. The Balaban J connectivity index is 1.90. The van der Waals surface area contributed by atoms with Crippen molar-refractivity contribution in [2.24, 2.45) is 0 Å². The third kappa shape index (κ3) is 2.26. The van der Waals surface area contributed by atoms with Crippen molar-refractivity contribution in [3.8, 4) is 0 Å². The summed E-state index contributed by atoms with van der Waals surface area (Å²) in [5, 5.41) is 0. The Kier molecular flexibility index (Phi) is 3.37. The maximum atomic E-state index is 14.1. The van der Waals surface area contributed by atoms with Gasteiger partial charge in [0.05, 0.1) is 24.8 Å². The van der Waals surface area contributed by atoms with Crippen molar-refractivity contribution in [2.75, 3.05) is 12.8 Å². The van der Waals surface area contributed by atoms with Crippen molar-refractivity contribution < 1.29 is 13.9 Å². The lowest BCUT2D eigenvalue weighted by Gasteiger charge is -2.25. The third-order valence-corrected chi connectivity index (χ3v) is 3.97. The largest absolute Gasteiger partial charge is 0.464 e. The van der Waals surface area contributed by atoms with Gasteiger partial charge in [0, 0.05) is 12.5 Å². The molecular formula is C15H16FN3O2. The molecule has 1 aliphatic rings. The van der Waals surface area contributed by atoms with Gasteiger partial charge in [0.25, 0.3) is 0 Å². The van der Waals surface area contributed by atoms with E-state index in [0.29, 0.717) is 24.2 Å². The molecule has 1 atom stereocenters. The molecule has 0 bridgehead atoms. The standard InChI is InChI=1S/C15H16FN3O2/c1-21-15(20)14-12-6-5-9(7-19(12)8-18-14)10-3-2-4-11(17)13(10)16/h2-4,8-9H,5-7,17H2,1H3. The minimum atomic E-state index is -0.433. The Morgan fingerprint density at radius 2 is 2.33 bits per heavy atom. The first-order valence-electron chi connectivity index (χ1n) is 6.78. The van der Waals surface area contributed by atoms with Crippen LogP contribution in [0.2, 0.25) is 0 Å². The number of nitrogens with two attached hydrogens (primary N) is 1. The number of hydrogen-bond acceptors (Lipinski definition) is 4. The van der Waals surface area contributed by atoms with Crippen LogP contribution in [-0.4, -0.2) is 22.6 Å². The predicted octanol–water partition coefficient (Wildman–Crippen LogP) is 2.12. The lowest BCUT2D eigenvalue weighted by Crippen LogP contribution is -2.21. The number of halogens is 1. The zero-order chi connectivity index (χ0) is 15.0. The summed E-state index contributed by atoms with van der Waals surface area (Å²) in [6, 6.07) is 5.08. The molecule has 1 unspecified atom stereocenters. The molecule has 0 fully saturated rings. The number of nitrogens with zero attached hydrogens (tertiary/aromatic N) is 2. The van der Waals surface area contributed by atoms with Crippen molar-refractivity contribution in [3.05, 3.63) is 47.3 Å². The zero-order valence-corrected chi connectivity index (χ0v) is 11.7. The maximum Gasteiger partial charge on any atom is 0.358 e. The minimum Gasteiger partial charge on any atom is -0.464 e. The number of anilines is 1. The molecule has 110 valence electrons. The van der Waals surface area contributed by atoms with Crippen LogP contribution in [0.3, 0.4) is 0 Å². The van der Waals surface area contributed by atoms with Crippen molar-refractivity contribution in [1.29, 1.82) is 0 Å². The van der Waals surface area contributed by atoms with Crippen molar-refractivity contribution in [2.45, 2.75) is 25.3 Å². The highest BCUT2D eigenvalue weighted by atomic mass is 19.1. The molecule has 1 aromatic carbocycles. The molecule has 5 nitrogen and oxygen atoms in total. The highest BCUT2D eigenvalue weighted by Gasteiger charge is 2.27. The zero-order valence-electron chi connectivity index (χ0n) is 11.7. The average Bonchev–Trinajstić information content (AvgIpc) is 2.92. The number of hydrogen-bond donors (Lipinski definition) is 1. The summed E-state index contributed by atoms with van der Waals surface area (Å²) in [4.78, 5) is 15.7. The summed E-state index contributed by atoms with van der Waals surface area (Å²) in [5.74, 6) is -0.753. The fraction of sp³-hybridized carbons (Fsp3) is 0.333. The van der Waals surface area contributed by atoms with Gasteiger partial charge < -0.3 is 15.0 Å². The van der Waals surface area contributed by atoms with Gasteiger partial charge in [0.2, 0.25) is 0 Å². The van der Waals surface area contributed by atoms with Gasteiger partial charge in [-0.05, 0) is 24.5 Å². The number of carbonyl (C=O) groups excluding carboxylic acids is 1. The lowest BCUT2D eigenvalue weighted by atomic mass is 9.89. The molecule has 6 heteroatoms. The molecule has 1 aromatic heterocycles. The predicted molar refractivity (Wildman–Crippen MR) is 75.4 cm³/mol. The Morgan fingerprint density at radius 3 is 3.10 bits per heavy atom. The number of imidazole rings is 1. The van der Waals surface area contributed by atoms with Gasteiger partial charge in [0.1, 0.15) is 5.82 Å². The van der Waals surface area contributed by atoms with Crippen LogP contribution in [0.1, 0.15) is 34.1 Å². The molecule has 0 saturated heterocycles. The summed E-state index contributed by atoms with van der Waals surface area (Å²) < 4.78 is 20.7. The van der Waals surface area contributed by atoms with E-state index in [4.69, 9.17) is 10.5 Å². The van der Waals surface area contributed by atoms with Gasteiger partial charge in [-0.15, -0.1) is 0 Å². The second-order valence-electron chi connectivity index (χ2n) is 5.17. The summed E-state index contributed by atoms with van der Waals surface area (Å²) in [5.41, 5.74) is 7.61. The molecule has 3 rings (SSSR count). The molecule has 0 spiro atoms. The number of methoxy groups -OCH3 is 1. The third-order valence-electron chi connectivity index (χ3n) is 3.97. The van der Waals surface area contributed by atoms with Crippen LogP contribution in [0.4, 0.5) is 10.1 Å². The fourth-order valence-electron chi connectivity index (χ4n) is 2.87. The molecule has 2 heterocycles. The topological polar surface area (TPSA) is 70.1 Å². The van der Waals surface area contributed by atoms with E-state index in [1.165, 1.54) is 7.11 Å². The van der Waals surface area contributed by atoms with E-state index in [9.17, 15) is 9.18 Å². The number of fused-ring (bicyclic) bond motifs is 1. The Labute approximate surface area is 121 Å². The van der Waals surface area contributed by atoms with Crippen LogP contribution in [0, 0.1) is 5.82 Å². The first-order valence-corrected chi connectivity index (χ1v) is 6.78. The van der Waals surface area contributed by atoms with Crippen molar-refractivity contribution >= 4 is 11.7 Å². The quantitative estimate of drug-likeness (QED) is 0.679. The van der Waals surface area contributed by atoms with Gasteiger partial charge in [0.15, 0.2) is 5.69 Å². The SMILES string of the molecule is COC(=O)c1ncn2c1CCC(c1cccc(N)c1F)C2. The first kappa shape index (κ1) is 13.6. The molecular weight excluding hydrogens is 273 g/mol. The summed E-state index contributed by atoms with van der Waals surface area (Å²) in [6.45, 7) is 0.583. The van der Waals surface area contributed by atoms with E-state index in [2.05, 4.69) is 4.98 Å². The van der Waals surface area contributed by atoms with Crippen LogP contribution in [-0.2, 0) is 17.7 Å². The van der Waals surface area contributed by atoms with Crippen molar-refractivity contribution in [3.63, 3.8) is 0 Å². The van der Waals surface area contributed by atoms with Gasteiger partial charge in [-0.3, -0.25) is 0 Å². The molecule has 1 aliphatic heterocycles. The number of aromatic nitrogens is 2. The summed E-state index contributed by atoms with van der Waals surface area (Å²) in [6.07, 6.45) is 3.01. The molecule has 0 aliphatic carbocycles. The van der Waals surface area contributed by atoms with Gasteiger partial charge in [-0.1, -0.05) is 12.1 Å². The van der Waals surface area contributed by atoms with E-state index < -0.39 is 5.97 Å². The lowest BCUT2D eigenvalue weighted by molar-refractivity contribution is 0.0592. The second kappa shape index (κ2) is 5.20. The number of nitrogen functional groups attached to an aromatic ring is 1. The van der Waals surface area contributed by atoms with Crippen LogP contribution in [0.5, 0.6) is 0 Å². The normalized spacial score (nSPS) is 17.3. The minimum absolute atomic E-state index is 0.0284. The smallest absolute Gasteiger partial charge is 0.358 e. The molecule has 21 heavy (non-hydrogen) atoms. The van der Waals surface area contributed by atoms with Crippen molar-refractivity contribution in [1.82, 2.24) is 9.55 Å².